The molecule has 8 heteroatoms. The average molecular weight is 433 g/mol. The summed E-state index contributed by atoms with van der Waals surface area (Å²) in [4.78, 5) is 12.4. The summed E-state index contributed by atoms with van der Waals surface area (Å²) in [6.07, 6.45) is 4.73. The SMILES string of the molecule is CCn1c(COc2ccc(C)cc2OC)nnc1SCC(=O)N[C@@H]1CCCC[C@H]1C. The molecular formula is C22H32N4O3S. The maximum absolute atomic E-state index is 12.4. The molecule has 1 heterocycles. The molecule has 0 aliphatic heterocycles. The van der Waals surface area contributed by atoms with Crippen molar-refractivity contribution < 1.29 is 14.3 Å². The minimum atomic E-state index is 0.0617. The number of hydrogen-bond donors (Lipinski definition) is 1. The van der Waals surface area contributed by atoms with Crippen molar-refractivity contribution in [2.75, 3.05) is 12.9 Å². The molecule has 164 valence electrons. The number of rotatable bonds is 9. The molecule has 0 unspecified atom stereocenters. The molecule has 1 amide bonds. The first kappa shape index (κ1) is 22.5. The number of methoxy groups -OCH3 is 1. The van der Waals surface area contributed by atoms with Crippen LogP contribution in [0.4, 0.5) is 0 Å². The molecule has 0 bridgehead atoms. The summed E-state index contributed by atoms with van der Waals surface area (Å²) in [5.74, 6) is 3.04. The summed E-state index contributed by atoms with van der Waals surface area (Å²) < 4.78 is 13.3. The first-order chi connectivity index (χ1) is 14.5. The zero-order chi connectivity index (χ0) is 21.5. The van der Waals surface area contributed by atoms with Gasteiger partial charge in [0.05, 0.1) is 12.9 Å². The Balaban J connectivity index is 1.57. The molecule has 7 nitrogen and oxygen atoms in total. The molecule has 2 atom stereocenters. The fourth-order valence-corrected chi connectivity index (χ4v) is 4.63. The van der Waals surface area contributed by atoms with E-state index in [9.17, 15) is 4.79 Å². The Bertz CT molecular complexity index is 855. The van der Waals surface area contributed by atoms with Crippen molar-refractivity contribution in [2.24, 2.45) is 5.92 Å². The lowest BCUT2D eigenvalue weighted by molar-refractivity contribution is -0.119. The van der Waals surface area contributed by atoms with Crippen LogP contribution in [0.25, 0.3) is 0 Å². The molecule has 0 saturated heterocycles. The molecule has 30 heavy (non-hydrogen) atoms. The zero-order valence-electron chi connectivity index (χ0n) is 18.3. The van der Waals surface area contributed by atoms with Crippen LogP contribution < -0.4 is 14.8 Å². The highest BCUT2D eigenvalue weighted by Gasteiger charge is 2.23. The number of ether oxygens (including phenoxy) is 2. The first-order valence-corrected chi connectivity index (χ1v) is 11.6. The van der Waals surface area contributed by atoms with Gasteiger partial charge in [-0.3, -0.25) is 4.79 Å². The van der Waals surface area contributed by atoms with Crippen LogP contribution >= 0.6 is 11.8 Å². The second kappa shape index (κ2) is 10.7. The van der Waals surface area contributed by atoms with E-state index in [1.54, 1.807) is 7.11 Å². The molecule has 1 fully saturated rings. The number of hydrogen-bond acceptors (Lipinski definition) is 6. The number of thioether (sulfide) groups is 1. The quantitative estimate of drug-likeness (QED) is 0.604. The number of aryl methyl sites for hydroxylation is 1. The van der Waals surface area contributed by atoms with E-state index in [1.165, 1.54) is 31.0 Å². The summed E-state index contributed by atoms with van der Waals surface area (Å²) in [7, 11) is 1.63. The standard InChI is InChI=1S/C22H32N4O3S/c1-5-26-20(13-29-18-11-10-15(2)12-19(18)28-4)24-25-22(26)30-14-21(27)23-17-9-7-6-8-16(17)3/h10-12,16-17H,5-9,13-14H2,1-4H3,(H,23,27)/t16-,17-/m1/s1. The van der Waals surface area contributed by atoms with Crippen LogP contribution in [0.5, 0.6) is 11.5 Å². The number of nitrogens with zero attached hydrogens (tertiary/aromatic N) is 3. The molecule has 1 aromatic carbocycles. The topological polar surface area (TPSA) is 78.3 Å². The van der Waals surface area contributed by atoms with Gasteiger partial charge in [0.1, 0.15) is 6.61 Å². The Hall–Kier alpha value is -2.22. The molecule has 1 aromatic heterocycles. The van der Waals surface area contributed by atoms with Gasteiger partial charge in [-0.05, 0) is 50.3 Å². The zero-order valence-corrected chi connectivity index (χ0v) is 19.1. The summed E-state index contributed by atoms with van der Waals surface area (Å²) in [5.41, 5.74) is 1.11. The minimum Gasteiger partial charge on any atom is -0.493 e. The molecule has 1 aliphatic rings. The maximum Gasteiger partial charge on any atom is 0.230 e. The van der Waals surface area contributed by atoms with Crippen LogP contribution in [-0.2, 0) is 17.9 Å². The number of carbonyl (C=O) groups excluding carboxylic acids is 1. The van der Waals surface area contributed by atoms with E-state index >= 15 is 0 Å². The third-order valence-corrected chi connectivity index (χ3v) is 6.54. The van der Waals surface area contributed by atoms with Gasteiger partial charge >= 0.3 is 0 Å². The number of amides is 1. The van der Waals surface area contributed by atoms with Crippen LogP contribution in [0.1, 0.15) is 50.9 Å². The molecule has 1 saturated carbocycles. The molecule has 1 aliphatic carbocycles. The highest BCUT2D eigenvalue weighted by molar-refractivity contribution is 7.99. The monoisotopic (exact) mass is 432 g/mol. The molecule has 0 spiro atoms. The molecule has 1 N–H and O–H groups in total. The fourth-order valence-electron chi connectivity index (χ4n) is 3.80. The molecule has 2 aromatic rings. The summed E-state index contributed by atoms with van der Waals surface area (Å²) in [6, 6.07) is 6.11. The Morgan fingerprint density at radius 3 is 2.80 bits per heavy atom. The van der Waals surface area contributed by atoms with Crippen LogP contribution in [0.2, 0.25) is 0 Å². The van der Waals surface area contributed by atoms with Gasteiger partial charge in [-0.25, -0.2) is 0 Å². The van der Waals surface area contributed by atoms with Gasteiger partial charge in [0.15, 0.2) is 22.5 Å². The van der Waals surface area contributed by atoms with E-state index in [2.05, 4.69) is 22.4 Å². The number of benzene rings is 1. The predicted molar refractivity (Wildman–Crippen MR) is 118 cm³/mol. The number of carbonyl (C=O) groups is 1. The third kappa shape index (κ3) is 5.68. The summed E-state index contributed by atoms with van der Waals surface area (Å²) in [6.45, 7) is 7.26. The van der Waals surface area contributed by atoms with E-state index in [1.807, 2.05) is 36.6 Å². The van der Waals surface area contributed by atoms with Crippen molar-refractivity contribution in [3.05, 3.63) is 29.6 Å². The van der Waals surface area contributed by atoms with E-state index in [-0.39, 0.29) is 12.5 Å². The number of nitrogens with one attached hydrogen (secondary N) is 1. The lowest BCUT2D eigenvalue weighted by Gasteiger charge is -2.29. The van der Waals surface area contributed by atoms with Gasteiger partial charge in [0, 0.05) is 12.6 Å². The minimum absolute atomic E-state index is 0.0617. The fraction of sp³-hybridized carbons (Fsp3) is 0.591. The van der Waals surface area contributed by atoms with Gasteiger partial charge in [-0.1, -0.05) is 37.6 Å². The Kier molecular flexibility index (Phi) is 8.01. The van der Waals surface area contributed by atoms with Crippen LogP contribution in [0.15, 0.2) is 23.4 Å². The lowest BCUT2D eigenvalue weighted by Crippen LogP contribution is -2.41. The van der Waals surface area contributed by atoms with Gasteiger partial charge in [-0.2, -0.15) is 0 Å². The Morgan fingerprint density at radius 2 is 2.07 bits per heavy atom. The highest BCUT2D eigenvalue weighted by Crippen LogP contribution is 2.29. The smallest absolute Gasteiger partial charge is 0.230 e. The van der Waals surface area contributed by atoms with Crippen molar-refractivity contribution in [2.45, 2.75) is 70.8 Å². The van der Waals surface area contributed by atoms with Crippen LogP contribution in [-0.4, -0.2) is 39.6 Å². The summed E-state index contributed by atoms with van der Waals surface area (Å²) >= 11 is 1.42. The van der Waals surface area contributed by atoms with Crippen molar-refractivity contribution in [1.29, 1.82) is 0 Å². The van der Waals surface area contributed by atoms with Crippen LogP contribution in [0, 0.1) is 12.8 Å². The highest BCUT2D eigenvalue weighted by atomic mass is 32.2. The normalized spacial score (nSPS) is 18.8. The van der Waals surface area contributed by atoms with Crippen molar-refractivity contribution in [3.8, 4) is 11.5 Å². The summed E-state index contributed by atoms with van der Waals surface area (Å²) in [5, 5.41) is 12.5. The lowest BCUT2D eigenvalue weighted by atomic mass is 9.86. The van der Waals surface area contributed by atoms with Crippen molar-refractivity contribution in [3.63, 3.8) is 0 Å². The molecule has 0 radical (unpaired) electrons. The van der Waals surface area contributed by atoms with Gasteiger partial charge in [-0.15, -0.1) is 10.2 Å². The maximum atomic E-state index is 12.4. The van der Waals surface area contributed by atoms with Gasteiger partial charge < -0.3 is 19.4 Å². The van der Waals surface area contributed by atoms with Crippen molar-refractivity contribution >= 4 is 17.7 Å². The van der Waals surface area contributed by atoms with Gasteiger partial charge in [0.25, 0.3) is 0 Å². The average Bonchev–Trinajstić information content (AvgIpc) is 3.14. The van der Waals surface area contributed by atoms with E-state index in [4.69, 9.17) is 9.47 Å². The first-order valence-electron chi connectivity index (χ1n) is 10.6. The third-order valence-electron chi connectivity index (χ3n) is 5.58. The second-order valence-corrected chi connectivity index (χ2v) is 8.75. The van der Waals surface area contributed by atoms with E-state index in [0.29, 0.717) is 35.8 Å². The predicted octanol–water partition coefficient (Wildman–Crippen LogP) is 3.98. The molecular weight excluding hydrogens is 400 g/mol. The van der Waals surface area contributed by atoms with Gasteiger partial charge in [0.2, 0.25) is 5.91 Å². The van der Waals surface area contributed by atoms with E-state index in [0.717, 1.165) is 23.0 Å². The molecule has 3 rings (SSSR count). The van der Waals surface area contributed by atoms with E-state index < -0.39 is 0 Å². The van der Waals surface area contributed by atoms with Crippen LogP contribution in [0.3, 0.4) is 0 Å². The Labute approximate surface area is 182 Å². The second-order valence-electron chi connectivity index (χ2n) is 7.81. The Morgan fingerprint density at radius 1 is 1.27 bits per heavy atom. The number of aromatic nitrogens is 3. The largest absolute Gasteiger partial charge is 0.493 e. The van der Waals surface area contributed by atoms with Crippen molar-refractivity contribution in [1.82, 2.24) is 20.1 Å².